The number of amides is 1. The van der Waals surface area contributed by atoms with Crippen molar-refractivity contribution in [2.24, 2.45) is 0 Å². The zero-order valence-corrected chi connectivity index (χ0v) is 14.2. The van der Waals surface area contributed by atoms with Gasteiger partial charge < -0.3 is 4.90 Å². The van der Waals surface area contributed by atoms with Crippen LogP contribution >= 0.6 is 11.8 Å². The van der Waals surface area contributed by atoms with Crippen LogP contribution in [-0.2, 0) is 5.75 Å². The molecule has 1 fully saturated rings. The second-order valence-electron chi connectivity index (χ2n) is 5.83. The number of nitrogens with one attached hydrogen (secondary N) is 1. The summed E-state index contributed by atoms with van der Waals surface area (Å²) in [6.07, 6.45) is 6.03. The lowest BCUT2D eigenvalue weighted by Crippen LogP contribution is -2.43. The van der Waals surface area contributed by atoms with Crippen LogP contribution in [0.25, 0.3) is 0 Å². The van der Waals surface area contributed by atoms with E-state index in [0.29, 0.717) is 6.04 Å². The highest BCUT2D eigenvalue weighted by Crippen LogP contribution is 2.23. The number of carbonyl (C=O) groups excluding carboxylic acids is 1. The van der Waals surface area contributed by atoms with E-state index in [2.05, 4.69) is 27.0 Å². The Balaban J connectivity index is 1.62. The highest BCUT2D eigenvalue weighted by molar-refractivity contribution is 7.98. The zero-order valence-electron chi connectivity index (χ0n) is 13.4. The van der Waals surface area contributed by atoms with E-state index in [9.17, 15) is 4.79 Å². The van der Waals surface area contributed by atoms with Crippen molar-refractivity contribution in [2.75, 3.05) is 6.54 Å². The smallest absolute Gasteiger partial charge is 0.254 e. The number of piperidine rings is 1. The van der Waals surface area contributed by atoms with Gasteiger partial charge in [-0.2, -0.15) is 5.10 Å². The second kappa shape index (κ2) is 7.64. The number of aromatic amines is 1. The first-order valence-electron chi connectivity index (χ1n) is 8.16. The Labute approximate surface area is 140 Å². The lowest BCUT2D eigenvalue weighted by molar-refractivity contribution is 0.0608. The molecule has 1 amide bonds. The Morgan fingerprint density at radius 3 is 2.87 bits per heavy atom. The van der Waals surface area contributed by atoms with Gasteiger partial charge >= 0.3 is 0 Å². The molecule has 3 rings (SSSR count). The Kier molecular flexibility index (Phi) is 5.33. The first kappa shape index (κ1) is 16.1. The van der Waals surface area contributed by atoms with Crippen molar-refractivity contribution in [1.29, 1.82) is 0 Å². The molecule has 2 heterocycles. The van der Waals surface area contributed by atoms with E-state index in [1.54, 1.807) is 11.8 Å². The van der Waals surface area contributed by atoms with E-state index < -0.39 is 0 Å². The van der Waals surface area contributed by atoms with Gasteiger partial charge in [0.2, 0.25) is 0 Å². The van der Waals surface area contributed by atoms with Gasteiger partial charge in [0.1, 0.15) is 6.33 Å². The summed E-state index contributed by atoms with van der Waals surface area (Å²) in [4.78, 5) is 18.9. The van der Waals surface area contributed by atoms with Crippen LogP contribution in [-0.4, -0.2) is 38.6 Å². The molecular formula is C17H22N4OS. The number of hydrogen-bond acceptors (Lipinski definition) is 4. The second-order valence-corrected chi connectivity index (χ2v) is 6.80. The number of likely N-dealkylation sites (tertiary alicyclic amines) is 1. The molecule has 0 spiro atoms. The van der Waals surface area contributed by atoms with Crippen molar-refractivity contribution in [3.8, 4) is 0 Å². The van der Waals surface area contributed by atoms with Crippen LogP contribution in [0.15, 0.2) is 35.7 Å². The molecule has 1 unspecified atom stereocenters. The third kappa shape index (κ3) is 3.93. The van der Waals surface area contributed by atoms with Crippen molar-refractivity contribution in [2.45, 2.75) is 49.6 Å². The highest BCUT2D eigenvalue weighted by Gasteiger charge is 2.25. The van der Waals surface area contributed by atoms with Crippen LogP contribution in [0, 0.1) is 0 Å². The molecule has 1 aliphatic heterocycles. The summed E-state index contributed by atoms with van der Waals surface area (Å²) < 4.78 is 0. The summed E-state index contributed by atoms with van der Waals surface area (Å²) in [5.74, 6) is 0.983. The summed E-state index contributed by atoms with van der Waals surface area (Å²) in [6.45, 7) is 3.06. The first-order chi connectivity index (χ1) is 11.3. The van der Waals surface area contributed by atoms with Gasteiger partial charge in [-0.05, 0) is 43.4 Å². The lowest BCUT2D eigenvalue weighted by Gasteiger charge is -2.35. The number of hydrogen-bond donors (Lipinski definition) is 1. The number of thioether (sulfide) groups is 1. The van der Waals surface area contributed by atoms with Gasteiger partial charge in [0.15, 0.2) is 5.16 Å². The molecule has 1 saturated heterocycles. The minimum absolute atomic E-state index is 0.172. The van der Waals surface area contributed by atoms with E-state index in [0.717, 1.165) is 42.3 Å². The average Bonchev–Trinajstić information content (AvgIpc) is 3.13. The molecule has 0 aliphatic carbocycles. The minimum atomic E-state index is 0.172. The van der Waals surface area contributed by atoms with Crippen LogP contribution in [0.2, 0.25) is 0 Å². The monoisotopic (exact) mass is 330 g/mol. The number of rotatable bonds is 5. The maximum atomic E-state index is 12.7. The predicted octanol–water partition coefficient (Wildman–Crippen LogP) is 3.50. The Morgan fingerprint density at radius 2 is 2.17 bits per heavy atom. The summed E-state index contributed by atoms with van der Waals surface area (Å²) in [6, 6.07) is 8.35. The van der Waals surface area contributed by atoms with Gasteiger partial charge in [0.05, 0.1) is 0 Å². The molecular weight excluding hydrogens is 308 g/mol. The van der Waals surface area contributed by atoms with Crippen LogP contribution in [0.4, 0.5) is 0 Å². The fourth-order valence-corrected chi connectivity index (χ4v) is 3.75. The first-order valence-corrected chi connectivity index (χ1v) is 9.14. The number of H-pyrrole nitrogens is 1. The maximum Gasteiger partial charge on any atom is 0.254 e. The van der Waals surface area contributed by atoms with Gasteiger partial charge in [-0.3, -0.25) is 9.89 Å². The van der Waals surface area contributed by atoms with Crippen molar-refractivity contribution in [1.82, 2.24) is 20.1 Å². The standard InChI is InChI=1S/C17H22N4OS/c1-2-15-5-3-4-10-21(15)16(22)14-8-6-13(7-9-14)11-23-17-18-12-19-20-17/h6-9,12,15H,2-5,10-11H2,1H3,(H,18,19,20). The molecule has 0 saturated carbocycles. The lowest BCUT2D eigenvalue weighted by atomic mass is 9.98. The van der Waals surface area contributed by atoms with Crippen molar-refractivity contribution in [3.05, 3.63) is 41.7 Å². The zero-order chi connectivity index (χ0) is 16.1. The normalized spacial score (nSPS) is 18.1. The fraction of sp³-hybridized carbons (Fsp3) is 0.471. The summed E-state index contributed by atoms with van der Waals surface area (Å²) in [5.41, 5.74) is 1.97. The summed E-state index contributed by atoms with van der Waals surface area (Å²) in [7, 11) is 0. The largest absolute Gasteiger partial charge is 0.336 e. The predicted molar refractivity (Wildman–Crippen MR) is 91.4 cm³/mol. The number of nitrogens with zero attached hydrogens (tertiary/aromatic N) is 3. The van der Waals surface area contributed by atoms with E-state index in [1.165, 1.54) is 18.3 Å². The molecule has 2 aromatic rings. The molecule has 23 heavy (non-hydrogen) atoms. The average molecular weight is 330 g/mol. The topological polar surface area (TPSA) is 61.9 Å². The molecule has 1 N–H and O–H groups in total. The molecule has 122 valence electrons. The van der Waals surface area contributed by atoms with Crippen molar-refractivity contribution < 1.29 is 4.79 Å². The molecule has 6 heteroatoms. The van der Waals surface area contributed by atoms with Crippen LogP contribution in [0.5, 0.6) is 0 Å². The molecule has 1 aromatic heterocycles. The maximum absolute atomic E-state index is 12.7. The number of carbonyl (C=O) groups is 1. The summed E-state index contributed by atoms with van der Waals surface area (Å²) in [5, 5.41) is 7.47. The van der Waals surface area contributed by atoms with E-state index >= 15 is 0 Å². The third-order valence-electron chi connectivity index (χ3n) is 4.33. The molecule has 0 bridgehead atoms. The van der Waals surface area contributed by atoms with Crippen LogP contribution in [0.1, 0.15) is 48.5 Å². The third-order valence-corrected chi connectivity index (χ3v) is 5.28. The fourth-order valence-electron chi connectivity index (χ4n) is 3.02. The number of benzene rings is 1. The van der Waals surface area contributed by atoms with Gasteiger partial charge in [-0.15, -0.1) is 0 Å². The van der Waals surface area contributed by atoms with Gasteiger partial charge in [-0.25, -0.2) is 4.98 Å². The van der Waals surface area contributed by atoms with Gasteiger partial charge in [0, 0.05) is 23.9 Å². The van der Waals surface area contributed by atoms with Gasteiger partial charge in [-0.1, -0.05) is 30.8 Å². The van der Waals surface area contributed by atoms with E-state index in [4.69, 9.17) is 0 Å². The van der Waals surface area contributed by atoms with Crippen LogP contribution < -0.4 is 0 Å². The molecule has 1 aromatic carbocycles. The van der Waals surface area contributed by atoms with E-state index in [1.807, 2.05) is 24.3 Å². The molecule has 5 nitrogen and oxygen atoms in total. The Bertz CT molecular complexity index is 627. The highest BCUT2D eigenvalue weighted by atomic mass is 32.2. The Morgan fingerprint density at radius 1 is 1.35 bits per heavy atom. The van der Waals surface area contributed by atoms with Crippen molar-refractivity contribution in [3.63, 3.8) is 0 Å². The Hall–Kier alpha value is -1.82. The van der Waals surface area contributed by atoms with Gasteiger partial charge in [0.25, 0.3) is 5.91 Å². The quantitative estimate of drug-likeness (QED) is 0.852. The SMILES string of the molecule is CCC1CCCCN1C(=O)c1ccc(CSc2ncn[nH]2)cc1. The van der Waals surface area contributed by atoms with E-state index in [-0.39, 0.29) is 5.91 Å². The van der Waals surface area contributed by atoms with Crippen LogP contribution in [0.3, 0.4) is 0 Å². The number of aromatic nitrogens is 3. The molecule has 0 radical (unpaired) electrons. The summed E-state index contributed by atoms with van der Waals surface area (Å²) >= 11 is 1.60. The molecule has 1 aliphatic rings. The minimum Gasteiger partial charge on any atom is -0.336 e. The van der Waals surface area contributed by atoms with Crippen molar-refractivity contribution >= 4 is 17.7 Å². The molecule has 1 atom stereocenters.